The number of benzene rings is 2. The fraction of sp³-hybridized carbons (Fsp3) is 0.444. The molecule has 2 aliphatic carbocycles. The minimum atomic E-state index is -1.16. The number of hydrogen-bond acceptors (Lipinski definition) is 5. The Labute approximate surface area is 194 Å². The van der Waals surface area contributed by atoms with Crippen LogP contribution in [0.4, 0.5) is 0 Å². The number of hydrogen-bond donors (Lipinski definition) is 2. The van der Waals surface area contributed by atoms with Crippen LogP contribution < -0.4 is 5.73 Å². The van der Waals surface area contributed by atoms with E-state index in [-0.39, 0.29) is 23.7 Å². The molecule has 0 radical (unpaired) electrons. The summed E-state index contributed by atoms with van der Waals surface area (Å²) >= 11 is 0. The van der Waals surface area contributed by atoms with Crippen LogP contribution in [0.5, 0.6) is 0 Å². The van der Waals surface area contributed by atoms with Gasteiger partial charge in [-0.1, -0.05) is 49.7 Å². The number of carbonyl (C=O) groups is 1. The number of nitrogens with zero attached hydrogens (tertiary/aromatic N) is 3. The fourth-order valence-electron chi connectivity index (χ4n) is 6.72. The summed E-state index contributed by atoms with van der Waals surface area (Å²) < 4.78 is 0. The molecule has 0 bridgehead atoms. The maximum absolute atomic E-state index is 14.3. The quantitative estimate of drug-likeness (QED) is 0.744. The lowest BCUT2D eigenvalue weighted by Crippen LogP contribution is -2.55. The predicted octanol–water partition coefficient (Wildman–Crippen LogP) is 3.39. The first-order valence-electron chi connectivity index (χ1n) is 11.7. The first-order valence-corrected chi connectivity index (χ1v) is 11.7. The molecule has 5 rings (SSSR count). The van der Waals surface area contributed by atoms with E-state index in [1.807, 2.05) is 43.3 Å². The minimum absolute atomic E-state index is 0.0328. The number of nitrogens with two attached hydrogens (primary N) is 1. The van der Waals surface area contributed by atoms with Crippen LogP contribution >= 0.6 is 0 Å². The molecule has 1 aliphatic heterocycles. The van der Waals surface area contributed by atoms with Crippen molar-refractivity contribution in [1.29, 1.82) is 5.26 Å². The molecule has 3 N–H and O–H groups in total. The van der Waals surface area contributed by atoms with E-state index in [1.54, 1.807) is 4.90 Å². The summed E-state index contributed by atoms with van der Waals surface area (Å²) in [6, 6.07) is 15.9. The van der Waals surface area contributed by atoms with E-state index in [1.165, 1.54) is 0 Å². The molecule has 6 nitrogen and oxygen atoms in total. The normalized spacial score (nSPS) is 32.8. The third-order valence-electron chi connectivity index (χ3n) is 8.05. The third kappa shape index (κ3) is 3.02. The lowest BCUT2D eigenvalue weighted by molar-refractivity contribution is -0.141. The van der Waals surface area contributed by atoms with Gasteiger partial charge in [0.25, 0.3) is 5.91 Å². The van der Waals surface area contributed by atoms with Gasteiger partial charge in [-0.05, 0) is 66.8 Å². The second-order valence-electron chi connectivity index (χ2n) is 10.4. The van der Waals surface area contributed by atoms with Crippen molar-refractivity contribution >= 4 is 11.9 Å². The fourth-order valence-corrected chi connectivity index (χ4v) is 6.72. The topological polar surface area (TPSA) is 103 Å². The number of aryl methyl sites for hydroxylation is 1. The monoisotopic (exact) mass is 442 g/mol. The number of nitriles is 1. The zero-order valence-electron chi connectivity index (χ0n) is 19.4. The van der Waals surface area contributed by atoms with Crippen LogP contribution in [0.3, 0.4) is 0 Å². The first-order chi connectivity index (χ1) is 15.7. The number of guanidine groups is 1. The Morgan fingerprint density at radius 1 is 1.21 bits per heavy atom. The van der Waals surface area contributed by atoms with Crippen LogP contribution in [-0.2, 0) is 23.3 Å². The van der Waals surface area contributed by atoms with Crippen LogP contribution in [-0.4, -0.2) is 28.0 Å². The Balaban J connectivity index is 1.66. The molecule has 2 unspecified atom stereocenters. The second-order valence-corrected chi connectivity index (χ2v) is 10.4. The standard InChI is InChI=1S/C27H30N4O2/c1-16-5-4-6-20(9-16)15-31-24(33)27(30-25(31)29)22-10-19(14-28)7-8-21(22)13-26(27)11-17(2)23(32)18(3)12-26/h4-10,17-18,23,32H,11-13,15H2,1-3H3,(H2,29,30)/t17-,18+,23?,26?,27-/m1/s1. The molecule has 6 heteroatoms. The van der Waals surface area contributed by atoms with Gasteiger partial charge in [-0.3, -0.25) is 9.69 Å². The Kier molecular flexibility index (Phi) is 4.88. The van der Waals surface area contributed by atoms with Crippen LogP contribution in [0.2, 0.25) is 0 Å². The molecule has 1 amide bonds. The van der Waals surface area contributed by atoms with Gasteiger partial charge in [-0.15, -0.1) is 0 Å². The predicted molar refractivity (Wildman–Crippen MR) is 126 cm³/mol. The summed E-state index contributed by atoms with van der Waals surface area (Å²) in [4.78, 5) is 20.9. The van der Waals surface area contributed by atoms with E-state index in [0.717, 1.165) is 22.3 Å². The highest BCUT2D eigenvalue weighted by Crippen LogP contribution is 2.63. The van der Waals surface area contributed by atoms with Gasteiger partial charge in [0.2, 0.25) is 0 Å². The minimum Gasteiger partial charge on any atom is -0.393 e. The van der Waals surface area contributed by atoms with Gasteiger partial charge in [0, 0.05) is 5.41 Å². The molecule has 1 saturated carbocycles. The summed E-state index contributed by atoms with van der Waals surface area (Å²) in [7, 11) is 0. The Morgan fingerprint density at radius 2 is 1.94 bits per heavy atom. The zero-order chi connectivity index (χ0) is 23.5. The molecule has 0 saturated heterocycles. The van der Waals surface area contributed by atoms with Gasteiger partial charge in [0.15, 0.2) is 11.5 Å². The van der Waals surface area contributed by atoms with E-state index in [2.05, 4.69) is 26.0 Å². The molecule has 2 aromatic rings. The van der Waals surface area contributed by atoms with Crippen LogP contribution in [0.1, 0.15) is 54.5 Å². The van der Waals surface area contributed by atoms with Gasteiger partial charge in [-0.2, -0.15) is 5.26 Å². The van der Waals surface area contributed by atoms with Gasteiger partial charge in [0.1, 0.15) is 0 Å². The number of amides is 1. The van der Waals surface area contributed by atoms with Crippen molar-refractivity contribution in [3.63, 3.8) is 0 Å². The lowest BCUT2D eigenvalue weighted by atomic mass is 9.56. The zero-order valence-corrected chi connectivity index (χ0v) is 19.4. The average molecular weight is 443 g/mol. The largest absolute Gasteiger partial charge is 0.393 e. The van der Waals surface area contributed by atoms with Crippen LogP contribution in [0.15, 0.2) is 47.5 Å². The molecular weight excluding hydrogens is 412 g/mol. The van der Waals surface area contributed by atoms with E-state index < -0.39 is 17.1 Å². The molecule has 33 heavy (non-hydrogen) atoms. The summed E-state index contributed by atoms with van der Waals surface area (Å²) in [5, 5.41) is 20.3. The van der Waals surface area contributed by atoms with Gasteiger partial charge in [0.05, 0.1) is 24.3 Å². The molecule has 0 aromatic heterocycles. The Hall–Kier alpha value is -3.17. The van der Waals surface area contributed by atoms with E-state index in [9.17, 15) is 15.2 Å². The Morgan fingerprint density at radius 3 is 2.61 bits per heavy atom. The van der Waals surface area contributed by atoms with Crippen molar-refractivity contribution in [3.8, 4) is 6.07 Å². The van der Waals surface area contributed by atoms with E-state index in [0.29, 0.717) is 31.4 Å². The Bertz CT molecular complexity index is 1200. The molecule has 2 spiro atoms. The second kappa shape index (κ2) is 7.43. The highest BCUT2D eigenvalue weighted by molar-refractivity contribution is 6.08. The molecule has 5 atom stereocenters. The summed E-state index contributed by atoms with van der Waals surface area (Å²) in [5.41, 5.74) is 9.31. The number of rotatable bonds is 2. The number of aliphatic hydroxyl groups is 1. The maximum Gasteiger partial charge on any atom is 0.262 e. The van der Waals surface area contributed by atoms with Crippen molar-refractivity contribution in [1.82, 2.24) is 4.90 Å². The molecule has 3 aliphatic rings. The van der Waals surface area contributed by atoms with Gasteiger partial charge >= 0.3 is 0 Å². The van der Waals surface area contributed by atoms with Crippen molar-refractivity contribution in [3.05, 3.63) is 70.3 Å². The van der Waals surface area contributed by atoms with Crippen molar-refractivity contribution in [2.45, 2.75) is 58.2 Å². The average Bonchev–Trinajstić information content (AvgIpc) is 3.18. The molecule has 1 fully saturated rings. The molecule has 2 aromatic carbocycles. The van der Waals surface area contributed by atoms with E-state index in [4.69, 9.17) is 10.7 Å². The van der Waals surface area contributed by atoms with Crippen molar-refractivity contribution in [2.75, 3.05) is 0 Å². The van der Waals surface area contributed by atoms with Crippen molar-refractivity contribution in [2.24, 2.45) is 28.0 Å². The SMILES string of the molecule is Cc1cccc(CN2C(=O)[C@]3(N=C2N)c2cc(C#N)ccc2CC32C[C@@H](C)C(O)[C@@H](C)C2)c1. The number of aliphatic imine (C=N–C) groups is 1. The summed E-state index contributed by atoms with van der Waals surface area (Å²) in [6.45, 7) is 6.48. The number of aliphatic hydroxyl groups excluding tert-OH is 1. The van der Waals surface area contributed by atoms with Crippen molar-refractivity contribution < 1.29 is 9.90 Å². The van der Waals surface area contributed by atoms with Crippen LogP contribution in [0, 0.1) is 35.5 Å². The number of fused-ring (bicyclic) bond motifs is 3. The third-order valence-corrected chi connectivity index (χ3v) is 8.05. The maximum atomic E-state index is 14.3. The van der Waals surface area contributed by atoms with Gasteiger partial charge < -0.3 is 10.8 Å². The smallest absolute Gasteiger partial charge is 0.262 e. The number of carbonyl (C=O) groups excluding carboxylic acids is 1. The van der Waals surface area contributed by atoms with Crippen LogP contribution in [0.25, 0.3) is 0 Å². The highest BCUT2D eigenvalue weighted by atomic mass is 16.3. The molecular formula is C27H30N4O2. The summed E-state index contributed by atoms with van der Waals surface area (Å²) in [6.07, 6.45) is 1.63. The lowest BCUT2D eigenvalue weighted by Gasteiger charge is -2.49. The van der Waals surface area contributed by atoms with Gasteiger partial charge in [-0.25, -0.2) is 4.99 Å². The molecule has 170 valence electrons. The highest BCUT2D eigenvalue weighted by Gasteiger charge is 2.68. The summed E-state index contributed by atoms with van der Waals surface area (Å²) in [5.74, 6) is 0.171. The molecule has 1 heterocycles. The van der Waals surface area contributed by atoms with E-state index >= 15 is 0 Å². The first kappa shape index (κ1) is 21.7.